The van der Waals surface area contributed by atoms with Crippen LogP contribution in [0.25, 0.3) is 0 Å². The average molecular weight is 439 g/mol. The van der Waals surface area contributed by atoms with Crippen LogP contribution in [0.5, 0.6) is 0 Å². The number of hydrogen-bond donors (Lipinski definition) is 0. The predicted octanol–water partition coefficient (Wildman–Crippen LogP) is 5.07. The first-order chi connectivity index (χ1) is 14.7. The van der Waals surface area contributed by atoms with Crippen LogP contribution in [0.2, 0.25) is 0 Å². The molecule has 7 heteroatoms. The molecule has 0 aliphatic carbocycles. The number of aromatic nitrogens is 1. The molecule has 0 bridgehead atoms. The van der Waals surface area contributed by atoms with E-state index in [2.05, 4.69) is 40.0 Å². The molecule has 2 aromatic carbocycles. The lowest BCUT2D eigenvalue weighted by Crippen LogP contribution is -2.53. The number of hydrogen-bond acceptors (Lipinski definition) is 6. The van der Waals surface area contributed by atoms with E-state index in [-0.39, 0.29) is 5.82 Å². The summed E-state index contributed by atoms with van der Waals surface area (Å²) in [6.07, 6.45) is 1.85. The van der Waals surface area contributed by atoms with E-state index in [0.29, 0.717) is 6.04 Å². The van der Waals surface area contributed by atoms with E-state index in [4.69, 9.17) is 4.99 Å². The van der Waals surface area contributed by atoms with E-state index in [1.54, 1.807) is 35.2 Å². The van der Waals surface area contributed by atoms with E-state index in [1.165, 1.54) is 15.2 Å². The molecule has 1 aromatic heterocycles. The number of aryl methyl sites for hydroxylation is 1. The van der Waals surface area contributed by atoms with Gasteiger partial charge in [0.25, 0.3) is 0 Å². The summed E-state index contributed by atoms with van der Waals surface area (Å²) < 4.78 is 14.7. The van der Waals surface area contributed by atoms with Gasteiger partial charge < -0.3 is 4.90 Å². The Morgan fingerprint density at radius 1 is 1.13 bits per heavy atom. The molecule has 4 nitrogen and oxygen atoms in total. The number of thiazole rings is 1. The molecule has 2 aliphatic rings. The molecule has 30 heavy (non-hydrogen) atoms. The molecule has 5 rings (SSSR count). The molecule has 2 aliphatic heterocycles. The summed E-state index contributed by atoms with van der Waals surface area (Å²) in [6, 6.07) is 15.6. The van der Waals surface area contributed by atoms with Crippen molar-refractivity contribution in [1.29, 1.82) is 0 Å². The topological polar surface area (TPSA) is 31.7 Å². The number of aliphatic imine (C=N–C) groups is 1. The molecule has 154 valence electrons. The summed E-state index contributed by atoms with van der Waals surface area (Å²) >= 11 is 3.44. The Morgan fingerprint density at radius 2 is 2.03 bits per heavy atom. The second-order valence-corrected chi connectivity index (χ2v) is 9.91. The highest BCUT2D eigenvalue weighted by Crippen LogP contribution is 2.42. The van der Waals surface area contributed by atoms with Crippen LogP contribution in [0.3, 0.4) is 0 Å². The van der Waals surface area contributed by atoms with Crippen LogP contribution in [0, 0.1) is 5.82 Å². The summed E-state index contributed by atoms with van der Waals surface area (Å²) in [6.45, 7) is 2.80. The van der Waals surface area contributed by atoms with Crippen molar-refractivity contribution in [2.75, 3.05) is 26.7 Å². The lowest BCUT2D eigenvalue weighted by Gasteiger charge is -2.40. The van der Waals surface area contributed by atoms with Crippen molar-refractivity contribution in [3.63, 3.8) is 0 Å². The lowest BCUT2D eigenvalue weighted by atomic mass is 10.0. The summed E-state index contributed by atoms with van der Waals surface area (Å²) in [5.41, 5.74) is 4.98. The van der Waals surface area contributed by atoms with E-state index < -0.39 is 0 Å². The van der Waals surface area contributed by atoms with Gasteiger partial charge in [-0.15, -0.1) is 11.3 Å². The van der Waals surface area contributed by atoms with Crippen LogP contribution in [0.15, 0.2) is 68.1 Å². The van der Waals surface area contributed by atoms with Gasteiger partial charge in [-0.2, -0.15) is 0 Å². The summed E-state index contributed by atoms with van der Waals surface area (Å²) in [4.78, 5) is 15.7. The minimum absolute atomic E-state index is 0.161. The maximum absolute atomic E-state index is 13.5. The monoisotopic (exact) mass is 438 g/mol. The fourth-order valence-electron chi connectivity index (χ4n) is 4.06. The molecule has 0 saturated carbocycles. The standard InChI is InChI=1S/C23H23FN4S2/c1-27-11-12-28(14-18(27)10-9-16-5-4-6-17(24)13-16)22-21-23(29-15-25-21)30-20-8-3-2-7-19(20)26-22/h2-8,13,15,18H,9-12,14H2,1H3/t18-/m0/s1. The summed E-state index contributed by atoms with van der Waals surface area (Å²) in [5.74, 6) is 0.818. The van der Waals surface area contributed by atoms with E-state index >= 15 is 0 Å². The van der Waals surface area contributed by atoms with Gasteiger partial charge in [0.05, 0.1) is 15.4 Å². The quantitative estimate of drug-likeness (QED) is 0.571. The number of para-hydroxylation sites is 1. The van der Waals surface area contributed by atoms with Crippen LogP contribution in [0.1, 0.15) is 17.7 Å². The van der Waals surface area contributed by atoms with Gasteiger partial charge in [0.2, 0.25) is 0 Å². The van der Waals surface area contributed by atoms with Crippen LogP contribution in [-0.4, -0.2) is 53.3 Å². The number of likely N-dealkylation sites (N-methyl/N-ethyl adjacent to an activating group) is 1. The first kappa shape index (κ1) is 19.7. The molecule has 0 N–H and O–H groups in total. The zero-order valence-electron chi connectivity index (χ0n) is 16.8. The molecule has 1 saturated heterocycles. The predicted molar refractivity (Wildman–Crippen MR) is 122 cm³/mol. The molecule has 0 spiro atoms. The second kappa shape index (κ2) is 8.49. The molecule has 3 aromatic rings. The molecule has 0 amide bonds. The van der Waals surface area contributed by atoms with Crippen LogP contribution >= 0.6 is 23.1 Å². The zero-order valence-corrected chi connectivity index (χ0v) is 18.4. The number of halogens is 1. The Balaban J connectivity index is 1.39. The average Bonchev–Trinajstić information content (AvgIpc) is 3.14. The highest BCUT2D eigenvalue weighted by molar-refractivity contribution is 8.01. The fourth-order valence-corrected chi connectivity index (χ4v) is 5.96. The number of fused-ring (bicyclic) bond motifs is 2. The molecular formula is C23H23FN4S2. The van der Waals surface area contributed by atoms with Crippen molar-refractivity contribution < 1.29 is 4.39 Å². The maximum atomic E-state index is 13.5. The van der Waals surface area contributed by atoms with Crippen LogP contribution in [-0.2, 0) is 6.42 Å². The molecule has 3 heterocycles. The van der Waals surface area contributed by atoms with Crippen molar-refractivity contribution in [1.82, 2.24) is 14.8 Å². The Hall–Kier alpha value is -2.22. The normalized spacial score (nSPS) is 19.1. The zero-order chi connectivity index (χ0) is 20.5. The van der Waals surface area contributed by atoms with Gasteiger partial charge >= 0.3 is 0 Å². The number of nitrogens with zero attached hydrogens (tertiary/aromatic N) is 4. The van der Waals surface area contributed by atoms with Crippen molar-refractivity contribution in [3.05, 3.63) is 71.1 Å². The first-order valence-corrected chi connectivity index (χ1v) is 11.9. The number of benzene rings is 2. The van der Waals surface area contributed by atoms with Gasteiger partial charge in [-0.1, -0.05) is 36.0 Å². The molecule has 1 fully saturated rings. The van der Waals surface area contributed by atoms with Gasteiger partial charge in [-0.3, -0.25) is 4.90 Å². The van der Waals surface area contributed by atoms with Gasteiger partial charge in [0, 0.05) is 30.6 Å². The Kier molecular flexibility index (Phi) is 5.58. The van der Waals surface area contributed by atoms with Crippen LogP contribution in [0.4, 0.5) is 10.1 Å². The SMILES string of the molecule is CN1CCN(C2=Nc3ccccc3Sc3scnc32)C[C@@H]1CCc1cccc(F)c1. The van der Waals surface area contributed by atoms with E-state index in [0.717, 1.165) is 55.3 Å². The molecule has 0 radical (unpaired) electrons. The fraction of sp³-hybridized carbons (Fsp3) is 0.304. The minimum Gasteiger partial charge on any atom is -0.352 e. The highest BCUT2D eigenvalue weighted by Gasteiger charge is 2.30. The number of rotatable bonds is 3. The van der Waals surface area contributed by atoms with E-state index in [9.17, 15) is 4.39 Å². The van der Waals surface area contributed by atoms with Gasteiger partial charge in [0.15, 0.2) is 5.84 Å². The third kappa shape index (κ3) is 4.02. The minimum atomic E-state index is -0.161. The van der Waals surface area contributed by atoms with Crippen molar-refractivity contribution in [2.24, 2.45) is 4.99 Å². The number of amidine groups is 1. The summed E-state index contributed by atoms with van der Waals surface area (Å²) in [5, 5.41) is 0. The highest BCUT2D eigenvalue weighted by atomic mass is 32.2. The molecule has 0 unspecified atom stereocenters. The largest absolute Gasteiger partial charge is 0.352 e. The third-order valence-corrected chi connectivity index (χ3v) is 7.87. The Labute approximate surface area is 184 Å². The maximum Gasteiger partial charge on any atom is 0.157 e. The molecule has 1 atom stereocenters. The van der Waals surface area contributed by atoms with Gasteiger partial charge in [0.1, 0.15) is 11.5 Å². The summed E-state index contributed by atoms with van der Waals surface area (Å²) in [7, 11) is 2.18. The van der Waals surface area contributed by atoms with Gasteiger partial charge in [-0.05, 0) is 49.7 Å². The van der Waals surface area contributed by atoms with E-state index in [1.807, 2.05) is 17.6 Å². The second-order valence-electron chi connectivity index (χ2n) is 7.74. The number of piperazine rings is 1. The Morgan fingerprint density at radius 3 is 2.93 bits per heavy atom. The van der Waals surface area contributed by atoms with Crippen molar-refractivity contribution >= 4 is 34.6 Å². The smallest absolute Gasteiger partial charge is 0.157 e. The van der Waals surface area contributed by atoms with Crippen LogP contribution < -0.4 is 0 Å². The van der Waals surface area contributed by atoms with Crippen molar-refractivity contribution in [2.45, 2.75) is 28.0 Å². The lowest BCUT2D eigenvalue weighted by molar-refractivity contribution is 0.134. The first-order valence-electron chi connectivity index (χ1n) is 10.2. The van der Waals surface area contributed by atoms with Gasteiger partial charge in [-0.25, -0.2) is 14.4 Å². The van der Waals surface area contributed by atoms with Crippen molar-refractivity contribution in [3.8, 4) is 0 Å². The molecular weight excluding hydrogens is 415 g/mol. The third-order valence-electron chi connectivity index (χ3n) is 5.77. The Bertz CT molecular complexity index is 1080.